The fraction of sp³-hybridized carbons (Fsp3) is 0.615. The predicted octanol–water partition coefficient (Wildman–Crippen LogP) is 2.49. The van der Waals surface area contributed by atoms with E-state index in [1.165, 1.54) is 0 Å². The molecule has 1 aromatic rings. The van der Waals surface area contributed by atoms with Crippen LogP contribution in [0.3, 0.4) is 0 Å². The van der Waals surface area contributed by atoms with Gasteiger partial charge in [-0.25, -0.2) is 0 Å². The molecule has 16 heavy (non-hydrogen) atoms. The Kier molecular flexibility index (Phi) is 4.30. The topological polar surface area (TPSA) is 42.4 Å². The van der Waals surface area contributed by atoms with E-state index in [0.717, 1.165) is 23.6 Å². The minimum Gasteiger partial charge on any atom is -0.492 e. The number of aromatic nitrogens is 1. The van der Waals surface area contributed by atoms with Crippen LogP contribution in [-0.2, 0) is 6.42 Å². The number of ether oxygens (including phenoxy) is 1. The van der Waals surface area contributed by atoms with Gasteiger partial charge >= 0.3 is 0 Å². The highest BCUT2D eigenvalue weighted by Crippen LogP contribution is 2.18. The number of aliphatic hydroxyl groups is 1. The first-order valence-corrected chi connectivity index (χ1v) is 5.74. The minimum atomic E-state index is -0.676. The second-order valence-electron chi connectivity index (χ2n) is 4.66. The first-order valence-electron chi connectivity index (χ1n) is 5.74. The first kappa shape index (κ1) is 13.0. The lowest BCUT2D eigenvalue weighted by molar-refractivity contribution is 0.0551. The third kappa shape index (κ3) is 4.19. The number of hydrogen-bond acceptors (Lipinski definition) is 3. The summed E-state index contributed by atoms with van der Waals surface area (Å²) in [6.07, 6.45) is 1.48. The molecule has 0 aromatic carbocycles. The lowest BCUT2D eigenvalue weighted by Gasteiger charge is -2.17. The van der Waals surface area contributed by atoms with E-state index in [9.17, 15) is 5.11 Å². The van der Waals surface area contributed by atoms with Crippen molar-refractivity contribution in [3.63, 3.8) is 0 Å². The van der Waals surface area contributed by atoms with Crippen LogP contribution in [0.4, 0.5) is 0 Å². The van der Waals surface area contributed by atoms with Crippen LogP contribution < -0.4 is 4.74 Å². The standard InChI is InChI=1S/C13H21NO2/c1-5-11-12(7-6-10(2)14-11)16-9-8-13(3,4)15/h6-7,15H,5,8-9H2,1-4H3. The average Bonchev–Trinajstić information content (AvgIpc) is 2.18. The Morgan fingerprint density at radius 1 is 1.38 bits per heavy atom. The largest absolute Gasteiger partial charge is 0.492 e. The van der Waals surface area contributed by atoms with Crippen LogP contribution in [0, 0.1) is 6.92 Å². The van der Waals surface area contributed by atoms with Gasteiger partial charge < -0.3 is 9.84 Å². The van der Waals surface area contributed by atoms with Gasteiger partial charge in [0.1, 0.15) is 5.75 Å². The molecule has 0 aliphatic rings. The highest BCUT2D eigenvalue weighted by molar-refractivity contribution is 5.29. The van der Waals surface area contributed by atoms with E-state index < -0.39 is 5.60 Å². The zero-order chi connectivity index (χ0) is 12.2. The molecule has 3 nitrogen and oxygen atoms in total. The highest BCUT2D eigenvalue weighted by atomic mass is 16.5. The molecule has 0 saturated heterocycles. The lowest BCUT2D eigenvalue weighted by Crippen LogP contribution is -2.22. The Hall–Kier alpha value is -1.09. The fourth-order valence-electron chi connectivity index (χ4n) is 1.39. The molecule has 1 aromatic heterocycles. The summed E-state index contributed by atoms with van der Waals surface area (Å²) < 4.78 is 5.64. The SMILES string of the molecule is CCc1nc(C)ccc1OCCC(C)(C)O. The van der Waals surface area contributed by atoms with Gasteiger partial charge in [0.2, 0.25) is 0 Å². The van der Waals surface area contributed by atoms with Crippen molar-refractivity contribution in [3.05, 3.63) is 23.5 Å². The van der Waals surface area contributed by atoms with Crippen LogP contribution in [0.2, 0.25) is 0 Å². The first-order chi connectivity index (χ1) is 7.42. The Morgan fingerprint density at radius 2 is 2.06 bits per heavy atom. The minimum absolute atomic E-state index is 0.515. The molecule has 0 saturated carbocycles. The maximum Gasteiger partial charge on any atom is 0.140 e. The maximum absolute atomic E-state index is 9.57. The van der Waals surface area contributed by atoms with Gasteiger partial charge in [-0.3, -0.25) is 4.98 Å². The number of nitrogens with zero attached hydrogens (tertiary/aromatic N) is 1. The molecule has 3 heteroatoms. The Morgan fingerprint density at radius 3 is 2.62 bits per heavy atom. The second kappa shape index (κ2) is 5.30. The summed E-state index contributed by atoms with van der Waals surface area (Å²) in [7, 11) is 0. The van der Waals surface area contributed by atoms with Crippen LogP contribution >= 0.6 is 0 Å². The molecule has 0 radical (unpaired) electrons. The molecule has 0 bridgehead atoms. The maximum atomic E-state index is 9.57. The number of pyridine rings is 1. The van der Waals surface area contributed by atoms with E-state index in [1.807, 2.05) is 19.1 Å². The summed E-state index contributed by atoms with van der Waals surface area (Å²) >= 11 is 0. The quantitative estimate of drug-likeness (QED) is 0.834. The van der Waals surface area contributed by atoms with Gasteiger partial charge in [0.15, 0.2) is 0 Å². The smallest absolute Gasteiger partial charge is 0.140 e. The lowest BCUT2D eigenvalue weighted by atomic mass is 10.1. The van der Waals surface area contributed by atoms with Crippen LogP contribution in [-0.4, -0.2) is 22.3 Å². The average molecular weight is 223 g/mol. The molecule has 0 atom stereocenters. The van der Waals surface area contributed by atoms with E-state index in [-0.39, 0.29) is 0 Å². The van der Waals surface area contributed by atoms with Crippen molar-refractivity contribution in [1.82, 2.24) is 4.98 Å². The van der Waals surface area contributed by atoms with Crippen LogP contribution in [0.1, 0.15) is 38.6 Å². The Bertz CT molecular complexity index is 342. The fourth-order valence-corrected chi connectivity index (χ4v) is 1.39. The van der Waals surface area contributed by atoms with Crippen molar-refractivity contribution in [2.45, 2.75) is 46.1 Å². The summed E-state index contributed by atoms with van der Waals surface area (Å²) in [5, 5.41) is 9.57. The molecule has 0 amide bonds. The van der Waals surface area contributed by atoms with E-state index in [4.69, 9.17) is 4.74 Å². The van der Waals surface area contributed by atoms with Crippen molar-refractivity contribution >= 4 is 0 Å². The Balaban J connectivity index is 2.60. The van der Waals surface area contributed by atoms with Crippen molar-refractivity contribution in [3.8, 4) is 5.75 Å². The summed E-state index contributed by atoms with van der Waals surface area (Å²) in [4.78, 5) is 4.42. The van der Waals surface area contributed by atoms with Gasteiger partial charge in [0.25, 0.3) is 0 Å². The van der Waals surface area contributed by atoms with Gasteiger partial charge in [0.05, 0.1) is 17.9 Å². The van der Waals surface area contributed by atoms with E-state index in [0.29, 0.717) is 13.0 Å². The molecule has 1 rings (SSSR count). The molecule has 90 valence electrons. The predicted molar refractivity (Wildman–Crippen MR) is 64.8 cm³/mol. The van der Waals surface area contributed by atoms with Crippen molar-refractivity contribution in [2.24, 2.45) is 0 Å². The summed E-state index contributed by atoms with van der Waals surface area (Å²) in [5.74, 6) is 0.831. The molecule has 0 aliphatic heterocycles. The number of rotatable bonds is 5. The van der Waals surface area contributed by atoms with Crippen molar-refractivity contribution in [1.29, 1.82) is 0 Å². The molecule has 0 unspecified atom stereocenters. The normalized spacial score (nSPS) is 11.6. The van der Waals surface area contributed by atoms with E-state index >= 15 is 0 Å². The van der Waals surface area contributed by atoms with Crippen molar-refractivity contribution < 1.29 is 9.84 Å². The van der Waals surface area contributed by atoms with Gasteiger partial charge in [-0.05, 0) is 39.3 Å². The Labute approximate surface area is 97.5 Å². The van der Waals surface area contributed by atoms with Gasteiger partial charge in [-0.2, -0.15) is 0 Å². The van der Waals surface area contributed by atoms with Crippen LogP contribution in [0.25, 0.3) is 0 Å². The number of hydrogen-bond donors (Lipinski definition) is 1. The van der Waals surface area contributed by atoms with Gasteiger partial charge in [0, 0.05) is 12.1 Å². The van der Waals surface area contributed by atoms with E-state index in [1.54, 1.807) is 13.8 Å². The molecular weight excluding hydrogens is 202 g/mol. The summed E-state index contributed by atoms with van der Waals surface area (Å²) in [5.41, 5.74) is 1.31. The summed E-state index contributed by atoms with van der Waals surface area (Å²) in [6.45, 7) is 8.11. The van der Waals surface area contributed by atoms with Gasteiger partial charge in [-0.1, -0.05) is 6.92 Å². The number of aryl methyl sites for hydroxylation is 2. The monoisotopic (exact) mass is 223 g/mol. The van der Waals surface area contributed by atoms with Crippen LogP contribution in [0.5, 0.6) is 5.75 Å². The molecule has 1 N–H and O–H groups in total. The molecule has 0 fully saturated rings. The van der Waals surface area contributed by atoms with E-state index in [2.05, 4.69) is 11.9 Å². The highest BCUT2D eigenvalue weighted by Gasteiger charge is 2.13. The molecule has 0 aliphatic carbocycles. The molecule has 1 heterocycles. The third-order valence-electron chi connectivity index (χ3n) is 2.38. The van der Waals surface area contributed by atoms with Crippen LogP contribution in [0.15, 0.2) is 12.1 Å². The zero-order valence-corrected chi connectivity index (χ0v) is 10.6. The molecule has 0 spiro atoms. The van der Waals surface area contributed by atoms with Gasteiger partial charge in [-0.15, -0.1) is 0 Å². The molecular formula is C13H21NO2. The zero-order valence-electron chi connectivity index (χ0n) is 10.6. The summed E-state index contributed by atoms with van der Waals surface area (Å²) in [6, 6.07) is 3.89. The second-order valence-corrected chi connectivity index (χ2v) is 4.66. The third-order valence-corrected chi connectivity index (χ3v) is 2.38. The van der Waals surface area contributed by atoms with Crippen molar-refractivity contribution in [2.75, 3.05) is 6.61 Å².